The Morgan fingerprint density at radius 2 is 2.06 bits per heavy atom. The molecule has 3 atom stereocenters. The van der Waals surface area contributed by atoms with Crippen molar-refractivity contribution in [3.05, 3.63) is 35.9 Å². The van der Waals surface area contributed by atoms with E-state index >= 15 is 0 Å². The van der Waals surface area contributed by atoms with Crippen molar-refractivity contribution in [2.75, 3.05) is 13.1 Å². The molecule has 1 heterocycles. The molecular formula is C13H19IN2. The second kappa shape index (κ2) is 5.47. The van der Waals surface area contributed by atoms with Gasteiger partial charge in [0.1, 0.15) is 0 Å². The number of nitrogens with two attached hydrogens (primary N) is 1. The van der Waals surface area contributed by atoms with Gasteiger partial charge in [-0.1, -0.05) is 52.9 Å². The summed E-state index contributed by atoms with van der Waals surface area (Å²) in [5.74, 6) is 0.643. The normalized spacial score (nSPS) is 30.8. The molecule has 16 heavy (non-hydrogen) atoms. The van der Waals surface area contributed by atoms with Crippen LogP contribution in [0.1, 0.15) is 12.5 Å². The average molecular weight is 330 g/mol. The van der Waals surface area contributed by atoms with Crippen LogP contribution >= 0.6 is 22.6 Å². The van der Waals surface area contributed by atoms with Crippen molar-refractivity contribution in [2.45, 2.75) is 23.4 Å². The highest BCUT2D eigenvalue weighted by molar-refractivity contribution is 14.1. The van der Waals surface area contributed by atoms with E-state index in [1.54, 1.807) is 0 Å². The molecular weight excluding hydrogens is 311 g/mol. The Morgan fingerprint density at radius 3 is 2.62 bits per heavy atom. The van der Waals surface area contributed by atoms with Crippen LogP contribution in [0.4, 0.5) is 0 Å². The summed E-state index contributed by atoms with van der Waals surface area (Å²) in [6, 6.07) is 11.3. The predicted octanol–water partition coefficient (Wildman–Crippen LogP) is 2.27. The number of alkyl halides is 1. The fourth-order valence-corrected chi connectivity index (χ4v) is 3.87. The number of benzene rings is 1. The second-order valence-electron chi connectivity index (χ2n) is 4.57. The number of nitrogens with zero attached hydrogens (tertiary/aromatic N) is 1. The summed E-state index contributed by atoms with van der Waals surface area (Å²) in [7, 11) is 0. The van der Waals surface area contributed by atoms with Gasteiger partial charge in [0.05, 0.1) is 0 Å². The van der Waals surface area contributed by atoms with Gasteiger partial charge in [0.2, 0.25) is 0 Å². The van der Waals surface area contributed by atoms with Crippen LogP contribution in [0.25, 0.3) is 0 Å². The van der Waals surface area contributed by atoms with Gasteiger partial charge >= 0.3 is 0 Å². The molecule has 0 spiro atoms. The monoisotopic (exact) mass is 330 g/mol. The molecule has 88 valence electrons. The van der Waals surface area contributed by atoms with Crippen LogP contribution in [-0.4, -0.2) is 28.0 Å². The van der Waals surface area contributed by atoms with Crippen molar-refractivity contribution in [1.82, 2.24) is 4.90 Å². The molecule has 3 heteroatoms. The molecule has 1 aliphatic heterocycles. The lowest BCUT2D eigenvalue weighted by Gasteiger charge is -2.23. The third kappa shape index (κ3) is 2.57. The molecule has 0 radical (unpaired) electrons. The Labute approximate surface area is 111 Å². The molecule has 0 aliphatic carbocycles. The van der Waals surface area contributed by atoms with Gasteiger partial charge in [-0.25, -0.2) is 0 Å². The lowest BCUT2D eigenvalue weighted by molar-refractivity contribution is 0.235. The standard InChI is InChI=1S/C13H19IN2/c1-10-12(7-15)13(14)9-16(10)8-11-5-3-2-4-6-11/h2-6,10,12-13H,7-9,15H2,1H3. The molecule has 1 saturated heterocycles. The Morgan fingerprint density at radius 1 is 1.38 bits per heavy atom. The lowest BCUT2D eigenvalue weighted by Crippen LogP contribution is -2.32. The molecule has 1 aliphatic rings. The summed E-state index contributed by atoms with van der Waals surface area (Å²) in [5, 5.41) is 0. The van der Waals surface area contributed by atoms with E-state index in [1.165, 1.54) is 12.1 Å². The maximum Gasteiger partial charge on any atom is 0.0292 e. The first kappa shape index (κ1) is 12.3. The number of hydrogen-bond acceptors (Lipinski definition) is 2. The van der Waals surface area contributed by atoms with Crippen LogP contribution in [0.5, 0.6) is 0 Å². The van der Waals surface area contributed by atoms with E-state index in [1.807, 2.05) is 0 Å². The largest absolute Gasteiger partial charge is 0.330 e. The van der Waals surface area contributed by atoms with Crippen molar-refractivity contribution in [2.24, 2.45) is 11.7 Å². The van der Waals surface area contributed by atoms with E-state index < -0.39 is 0 Å². The first-order valence-electron chi connectivity index (χ1n) is 5.84. The summed E-state index contributed by atoms with van der Waals surface area (Å²) in [6.45, 7) is 5.33. The van der Waals surface area contributed by atoms with E-state index in [2.05, 4.69) is 64.7 Å². The highest BCUT2D eigenvalue weighted by Gasteiger charge is 2.36. The van der Waals surface area contributed by atoms with E-state index in [-0.39, 0.29) is 0 Å². The zero-order valence-electron chi connectivity index (χ0n) is 9.64. The third-order valence-electron chi connectivity index (χ3n) is 3.57. The smallest absolute Gasteiger partial charge is 0.0292 e. The van der Waals surface area contributed by atoms with Gasteiger partial charge in [-0.3, -0.25) is 4.90 Å². The minimum absolute atomic E-state index is 0.604. The van der Waals surface area contributed by atoms with Crippen LogP contribution in [0.15, 0.2) is 30.3 Å². The summed E-state index contributed by atoms with van der Waals surface area (Å²) in [6.07, 6.45) is 0. The first-order chi connectivity index (χ1) is 7.72. The lowest BCUT2D eigenvalue weighted by atomic mass is 10.0. The maximum absolute atomic E-state index is 5.84. The summed E-state index contributed by atoms with van der Waals surface area (Å²) in [4.78, 5) is 2.55. The molecule has 0 bridgehead atoms. The maximum atomic E-state index is 5.84. The molecule has 2 nitrogen and oxygen atoms in total. The Balaban J connectivity index is 2.02. The van der Waals surface area contributed by atoms with Crippen molar-refractivity contribution in [3.8, 4) is 0 Å². The van der Waals surface area contributed by atoms with E-state index in [0.29, 0.717) is 15.9 Å². The summed E-state index contributed by atoms with van der Waals surface area (Å²) >= 11 is 2.55. The van der Waals surface area contributed by atoms with Crippen molar-refractivity contribution in [3.63, 3.8) is 0 Å². The molecule has 3 unspecified atom stereocenters. The van der Waals surface area contributed by atoms with Gasteiger partial charge in [-0.05, 0) is 24.9 Å². The highest BCUT2D eigenvalue weighted by atomic mass is 127. The van der Waals surface area contributed by atoms with Crippen LogP contribution in [0.3, 0.4) is 0 Å². The molecule has 1 aromatic rings. The Kier molecular flexibility index (Phi) is 4.21. The van der Waals surface area contributed by atoms with Crippen molar-refractivity contribution < 1.29 is 0 Å². The van der Waals surface area contributed by atoms with Gasteiger partial charge in [-0.2, -0.15) is 0 Å². The average Bonchev–Trinajstić information content (AvgIpc) is 2.55. The molecule has 2 rings (SSSR count). The molecule has 1 aromatic carbocycles. The van der Waals surface area contributed by atoms with Crippen LogP contribution < -0.4 is 5.73 Å². The number of hydrogen-bond donors (Lipinski definition) is 1. The number of rotatable bonds is 3. The first-order valence-corrected chi connectivity index (χ1v) is 7.09. The fraction of sp³-hybridized carbons (Fsp3) is 0.538. The minimum atomic E-state index is 0.604. The van der Waals surface area contributed by atoms with Gasteiger partial charge in [0.25, 0.3) is 0 Å². The van der Waals surface area contributed by atoms with E-state index in [0.717, 1.165) is 13.1 Å². The van der Waals surface area contributed by atoms with Crippen molar-refractivity contribution >= 4 is 22.6 Å². The Bertz CT molecular complexity index is 328. The highest BCUT2D eigenvalue weighted by Crippen LogP contribution is 2.30. The zero-order valence-corrected chi connectivity index (χ0v) is 11.8. The number of halogens is 1. The predicted molar refractivity (Wildman–Crippen MR) is 76.7 cm³/mol. The summed E-state index contributed by atoms with van der Waals surface area (Å²) in [5.41, 5.74) is 7.24. The molecule has 2 N–H and O–H groups in total. The van der Waals surface area contributed by atoms with Crippen LogP contribution in [0, 0.1) is 5.92 Å². The van der Waals surface area contributed by atoms with E-state index in [4.69, 9.17) is 5.73 Å². The third-order valence-corrected chi connectivity index (χ3v) is 4.89. The van der Waals surface area contributed by atoms with Gasteiger partial charge < -0.3 is 5.73 Å². The van der Waals surface area contributed by atoms with Crippen molar-refractivity contribution in [1.29, 1.82) is 0 Å². The second-order valence-corrected chi connectivity index (χ2v) is 6.17. The fourth-order valence-electron chi connectivity index (χ4n) is 2.47. The molecule has 0 saturated carbocycles. The quantitative estimate of drug-likeness (QED) is 0.681. The number of likely N-dealkylation sites (tertiary alicyclic amines) is 1. The van der Waals surface area contributed by atoms with Gasteiger partial charge in [-0.15, -0.1) is 0 Å². The topological polar surface area (TPSA) is 29.3 Å². The zero-order chi connectivity index (χ0) is 11.5. The summed E-state index contributed by atoms with van der Waals surface area (Å²) < 4.78 is 0.696. The van der Waals surface area contributed by atoms with E-state index in [9.17, 15) is 0 Å². The minimum Gasteiger partial charge on any atom is -0.330 e. The Hall–Kier alpha value is -0.130. The van der Waals surface area contributed by atoms with Gasteiger partial charge in [0, 0.05) is 23.1 Å². The molecule has 0 amide bonds. The van der Waals surface area contributed by atoms with Crippen LogP contribution in [-0.2, 0) is 6.54 Å². The molecule has 1 fully saturated rings. The molecule has 0 aromatic heterocycles. The van der Waals surface area contributed by atoms with Gasteiger partial charge in [0.15, 0.2) is 0 Å². The van der Waals surface area contributed by atoms with Crippen LogP contribution in [0.2, 0.25) is 0 Å². The SMILES string of the molecule is CC1C(CN)C(I)CN1Cc1ccccc1.